The van der Waals surface area contributed by atoms with Crippen molar-refractivity contribution in [2.45, 2.75) is 39.2 Å². The van der Waals surface area contributed by atoms with Crippen molar-refractivity contribution < 1.29 is 23.5 Å². The maximum Gasteiger partial charge on any atom is 0.360 e. The number of allylic oxidation sites excluding steroid dienone is 1. The van der Waals surface area contributed by atoms with Crippen LogP contribution in [0.1, 0.15) is 41.3 Å². The third-order valence-electron chi connectivity index (χ3n) is 6.25. The number of likely N-dealkylation sites (tertiary alicyclic amines) is 1. The molecule has 0 aliphatic carbocycles. The molecule has 0 bridgehead atoms. The average molecular weight is 491 g/mol. The molecular weight excluding hydrogens is 460 g/mol. The molecule has 2 heterocycles. The molecule has 1 aromatic heterocycles. The number of nitrogens with zero attached hydrogens (tertiary/aromatic N) is 1. The van der Waals surface area contributed by atoms with E-state index in [9.17, 15) is 14.4 Å². The number of benzene rings is 2. The van der Waals surface area contributed by atoms with Crippen LogP contribution in [0.2, 0.25) is 0 Å². The lowest BCUT2D eigenvalue weighted by molar-refractivity contribution is -0.131. The maximum atomic E-state index is 12.9. The van der Waals surface area contributed by atoms with Crippen molar-refractivity contribution in [2.75, 3.05) is 25.5 Å². The van der Waals surface area contributed by atoms with Crippen LogP contribution in [0.4, 0.5) is 5.69 Å². The van der Waals surface area contributed by atoms with Crippen molar-refractivity contribution in [1.82, 2.24) is 4.90 Å². The Kier molecular flexibility index (Phi) is 7.55. The molecule has 1 aliphatic heterocycles. The van der Waals surface area contributed by atoms with Crippen LogP contribution in [0.3, 0.4) is 0 Å². The van der Waals surface area contributed by atoms with E-state index in [0.717, 1.165) is 31.5 Å². The Hall–Kier alpha value is -3.91. The average Bonchev–Trinajstić information content (AvgIpc) is 2.84. The number of piperidine rings is 1. The first kappa shape index (κ1) is 25.2. The van der Waals surface area contributed by atoms with E-state index in [0.29, 0.717) is 40.0 Å². The Labute approximate surface area is 209 Å². The zero-order valence-corrected chi connectivity index (χ0v) is 20.8. The van der Waals surface area contributed by atoms with Crippen molar-refractivity contribution in [1.29, 1.82) is 0 Å². The fourth-order valence-corrected chi connectivity index (χ4v) is 4.29. The molecule has 0 spiro atoms. The summed E-state index contributed by atoms with van der Waals surface area (Å²) in [5, 5.41) is 3.31. The molecule has 188 valence electrons. The molecule has 8 heteroatoms. The largest absolute Gasteiger partial charge is 0.490 e. The summed E-state index contributed by atoms with van der Waals surface area (Å²) in [4.78, 5) is 39.3. The summed E-state index contributed by atoms with van der Waals surface area (Å²) in [6.07, 6.45) is 4.07. The van der Waals surface area contributed by atoms with Crippen molar-refractivity contribution in [3.63, 3.8) is 0 Å². The molecule has 4 rings (SSSR count). The smallest absolute Gasteiger partial charge is 0.360 e. The zero-order chi connectivity index (χ0) is 25.8. The number of fused-ring (bicyclic) bond motifs is 1. The van der Waals surface area contributed by atoms with E-state index in [1.165, 1.54) is 13.0 Å². The van der Waals surface area contributed by atoms with Crippen molar-refractivity contribution in [3.8, 4) is 11.5 Å². The van der Waals surface area contributed by atoms with Gasteiger partial charge in [0.15, 0.2) is 0 Å². The normalized spacial score (nSPS) is 14.4. The fraction of sp³-hybridized carbons (Fsp3) is 0.321. The molecule has 1 aliphatic rings. The predicted octanol–water partition coefficient (Wildman–Crippen LogP) is 4.48. The summed E-state index contributed by atoms with van der Waals surface area (Å²) >= 11 is 0. The van der Waals surface area contributed by atoms with Crippen molar-refractivity contribution >= 4 is 28.5 Å². The molecule has 36 heavy (non-hydrogen) atoms. The lowest BCUT2D eigenvalue weighted by atomic mass is 10.1. The summed E-state index contributed by atoms with van der Waals surface area (Å²) in [5.74, 6) is 0.110. The highest BCUT2D eigenvalue weighted by molar-refractivity contribution is 6.05. The summed E-state index contributed by atoms with van der Waals surface area (Å²) < 4.78 is 17.0. The zero-order valence-electron chi connectivity index (χ0n) is 20.8. The van der Waals surface area contributed by atoms with Gasteiger partial charge in [-0.2, -0.15) is 0 Å². The van der Waals surface area contributed by atoms with Crippen LogP contribution in [0, 0.1) is 6.92 Å². The highest BCUT2D eigenvalue weighted by Crippen LogP contribution is 2.30. The summed E-state index contributed by atoms with van der Waals surface area (Å²) in [5.41, 5.74) is 1.49. The minimum absolute atomic E-state index is 0.0326. The Morgan fingerprint density at radius 2 is 1.89 bits per heavy atom. The van der Waals surface area contributed by atoms with E-state index >= 15 is 0 Å². The number of carbonyl (C=O) groups excluding carboxylic acids is 2. The van der Waals surface area contributed by atoms with Gasteiger partial charge in [-0.3, -0.25) is 9.59 Å². The number of rotatable bonds is 7. The predicted molar refractivity (Wildman–Crippen MR) is 138 cm³/mol. The topological polar surface area (TPSA) is 98.1 Å². The molecule has 1 fully saturated rings. The lowest BCUT2D eigenvalue weighted by Gasteiger charge is -2.29. The number of ether oxygens (including phenoxy) is 2. The van der Waals surface area contributed by atoms with Crippen LogP contribution in [0.5, 0.6) is 11.5 Å². The van der Waals surface area contributed by atoms with Gasteiger partial charge < -0.3 is 24.1 Å². The first-order chi connectivity index (χ1) is 17.2. The van der Waals surface area contributed by atoms with Gasteiger partial charge in [0.2, 0.25) is 0 Å². The summed E-state index contributed by atoms with van der Waals surface area (Å²) in [7, 11) is 2.10. The second kappa shape index (κ2) is 10.8. The van der Waals surface area contributed by atoms with Crippen LogP contribution in [-0.2, 0) is 11.2 Å². The molecule has 0 atom stereocenters. The standard InChI is InChI=1S/C28H30N2O6/c1-5-6-19-15-21(8-10-25(19)34-18(3)31)27(32)29-23-16-20-7-9-24(17(2)26(20)36-28(23)33)35-22-11-13-30(4)14-12-22/h5,7-10,15-16,22H,1,6,11-14H2,2-4H3,(H,29,32). The quantitative estimate of drug-likeness (QED) is 0.226. The minimum atomic E-state index is -0.654. The van der Waals surface area contributed by atoms with E-state index < -0.39 is 17.5 Å². The van der Waals surface area contributed by atoms with Crippen LogP contribution >= 0.6 is 0 Å². The number of hydrogen-bond acceptors (Lipinski definition) is 7. The lowest BCUT2D eigenvalue weighted by Crippen LogP contribution is -2.35. The van der Waals surface area contributed by atoms with E-state index in [2.05, 4.69) is 23.8 Å². The third-order valence-corrected chi connectivity index (χ3v) is 6.25. The van der Waals surface area contributed by atoms with E-state index in [-0.39, 0.29) is 11.8 Å². The second-order valence-electron chi connectivity index (χ2n) is 9.04. The molecule has 0 radical (unpaired) electrons. The highest BCUT2D eigenvalue weighted by Gasteiger charge is 2.20. The molecule has 1 saturated heterocycles. The number of hydrogen-bond donors (Lipinski definition) is 1. The Balaban J connectivity index is 1.56. The van der Waals surface area contributed by atoms with E-state index in [1.807, 2.05) is 19.1 Å². The van der Waals surface area contributed by atoms with E-state index in [1.54, 1.807) is 24.3 Å². The second-order valence-corrected chi connectivity index (χ2v) is 9.04. The maximum absolute atomic E-state index is 12.9. The summed E-state index contributed by atoms with van der Waals surface area (Å²) in [6.45, 7) is 8.84. The van der Waals surface area contributed by atoms with Crippen molar-refractivity contribution in [2.24, 2.45) is 0 Å². The number of nitrogens with one attached hydrogen (secondary N) is 1. The molecular formula is C28H30N2O6. The van der Waals surface area contributed by atoms with Gasteiger partial charge in [-0.25, -0.2) is 4.79 Å². The molecule has 1 amide bonds. The molecule has 2 aromatic carbocycles. The Bertz CT molecular complexity index is 1370. The third kappa shape index (κ3) is 5.66. The van der Waals surface area contributed by atoms with Crippen LogP contribution in [0.25, 0.3) is 11.0 Å². The van der Waals surface area contributed by atoms with Gasteiger partial charge in [-0.05, 0) is 75.2 Å². The Morgan fingerprint density at radius 3 is 2.58 bits per heavy atom. The van der Waals surface area contributed by atoms with E-state index in [4.69, 9.17) is 13.9 Å². The van der Waals surface area contributed by atoms with Gasteiger partial charge in [0.05, 0.1) is 0 Å². The molecule has 3 aromatic rings. The number of amides is 1. The first-order valence-electron chi connectivity index (χ1n) is 11.9. The fourth-order valence-electron chi connectivity index (χ4n) is 4.29. The van der Waals surface area contributed by atoms with Crippen LogP contribution in [-0.4, -0.2) is 43.0 Å². The number of esters is 1. The van der Waals surface area contributed by atoms with Gasteiger partial charge in [0.1, 0.15) is 28.9 Å². The monoisotopic (exact) mass is 490 g/mol. The number of aryl methyl sites for hydroxylation is 1. The van der Waals surface area contributed by atoms with Gasteiger partial charge >= 0.3 is 11.6 Å². The highest BCUT2D eigenvalue weighted by atomic mass is 16.5. The molecule has 8 nitrogen and oxygen atoms in total. The van der Waals surface area contributed by atoms with Crippen LogP contribution < -0.4 is 20.4 Å². The first-order valence-corrected chi connectivity index (χ1v) is 11.9. The SMILES string of the molecule is C=CCc1cc(C(=O)Nc2cc3ccc(OC4CCN(C)CC4)c(C)c3oc2=O)ccc1OC(C)=O. The summed E-state index contributed by atoms with van der Waals surface area (Å²) in [6, 6.07) is 9.98. The van der Waals surface area contributed by atoms with Gasteiger partial charge in [-0.15, -0.1) is 6.58 Å². The van der Waals surface area contributed by atoms with Gasteiger partial charge in [0, 0.05) is 36.5 Å². The minimum Gasteiger partial charge on any atom is -0.490 e. The number of anilines is 1. The van der Waals surface area contributed by atoms with Gasteiger partial charge in [-0.1, -0.05) is 6.08 Å². The number of carbonyl (C=O) groups is 2. The van der Waals surface area contributed by atoms with Crippen molar-refractivity contribution in [3.05, 3.63) is 76.2 Å². The van der Waals surface area contributed by atoms with Crippen LogP contribution in [0.15, 0.2) is 58.3 Å². The molecule has 0 unspecified atom stereocenters. The molecule has 1 N–H and O–H groups in total. The molecule has 0 saturated carbocycles. The van der Waals surface area contributed by atoms with Gasteiger partial charge in [0.25, 0.3) is 5.91 Å². The Morgan fingerprint density at radius 1 is 1.17 bits per heavy atom.